The van der Waals surface area contributed by atoms with E-state index in [2.05, 4.69) is 6.08 Å². The Morgan fingerprint density at radius 2 is 2.25 bits per heavy atom. The largest absolute Gasteiger partial charge is 0.467 e. The standard InChI is InChI=1S/C13H16O3/c1-15-9-16-13-7-3-5-11-10(8-14)4-2-6-12(11)13/h3-5,7,14H,2,6,8-9H2,1H3. The van der Waals surface area contributed by atoms with Crippen molar-refractivity contribution in [2.24, 2.45) is 0 Å². The number of aliphatic hydroxyl groups excluding tert-OH is 1. The van der Waals surface area contributed by atoms with Crippen molar-refractivity contribution in [3.8, 4) is 5.75 Å². The van der Waals surface area contributed by atoms with E-state index in [1.807, 2.05) is 18.2 Å². The fourth-order valence-corrected chi connectivity index (χ4v) is 2.03. The topological polar surface area (TPSA) is 38.7 Å². The minimum absolute atomic E-state index is 0.0841. The van der Waals surface area contributed by atoms with Crippen molar-refractivity contribution in [1.82, 2.24) is 0 Å². The van der Waals surface area contributed by atoms with E-state index in [9.17, 15) is 5.11 Å². The van der Waals surface area contributed by atoms with Crippen LogP contribution in [0.3, 0.4) is 0 Å². The molecule has 0 aromatic heterocycles. The quantitative estimate of drug-likeness (QED) is 0.789. The SMILES string of the molecule is COCOc1cccc2c1CCC=C2CO. The summed E-state index contributed by atoms with van der Waals surface area (Å²) < 4.78 is 10.4. The molecule has 0 atom stereocenters. The molecule has 0 saturated carbocycles. The van der Waals surface area contributed by atoms with Crippen LogP contribution < -0.4 is 4.74 Å². The second-order valence-corrected chi connectivity index (χ2v) is 3.76. The number of hydrogen-bond acceptors (Lipinski definition) is 3. The Morgan fingerprint density at radius 1 is 1.38 bits per heavy atom. The predicted molar refractivity (Wildman–Crippen MR) is 62.3 cm³/mol. The molecular formula is C13H16O3. The van der Waals surface area contributed by atoms with Gasteiger partial charge in [-0.2, -0.15) is 0 Å². The Hall–Kier alpha value is -1.32. The summed E-state index contributed by atoms with van der Waals surface area (Å²) in [6.45, 7) is 0.343. The van der Waals surface area contributed by atoms with Gasteiger partial charge < -0.3 is 14.6 Å². The number of hydrogen-bond donors (Lipinski definition) is 1. The Labute approximate surface area is 95.3 Å². The third kappa shape index (κ3) is 2.10. The van der Waals surface area contributed by atoms with Crippen molar-refractivity contribution in [1.29, 1.82) is 0 Å². The van der Waals surface area contributed by atoms with E-state index in [-0.39, 0.29) is 13.4 Å². The second-order valence-electron chi connectivity index (χ2n) is 3.76. The smallest absolute Gasteiger partial charge is 0.188 e. The fraction of sp³-hybridized carbons (Fsp3) is 0.385. The first-order valence-corrected chi connectivity index (χ1v) is 5.40. The minimum atomic E-state index is 0.0841. The molecule has 1 aliphatic rings. The third-order valence-electron chi connectivity index (χ3n) is 2.77. The van der Waals surface area contributed by atoms with Gasteiger partial charge in [-0.1, -0.05) is 18.2 Å². The maximum absolute atomic E-state index is 9.27. The fourth-order valence-electron chi connectivity index (χ4n) is 2.03. The van der Waals surface area contributed by atoms with Crippen molar-refractivity contribution < 1.29 is 14.6 Å². The molecule has 3 heteroatoms. The van der Waals surface area contributed by atoms with Crippen molar-refractivity contribution >= 4 is 5.57 Å². The lowest BCUT2D eigenvalue weighted by Gasteiger charge is -2.19. The van der Waals surface area contributed by atoms with E-state index in [0.29, 0.717) is 0 Å². The molecule has 0 unspecified atom stereocenters. The van der Waals surface area contributed by atoms with Crippen LogP contribution in [0.2, 0.25) is 0 Å². The zero-order valence-electron chi connectivity index (χ0n) is 9.40. The van der Waals surface area contributed by atoms with E-state index < -0.39 is 0 Å². The number of fused-ring (bicyclic) bond motifs is 1. The summed E-state index contributed by atoms with van der Waals surface area (Å²) in [7, 11) is 1.61. The first-order chi connectivity index (χ1) is 7.86. The summed E-state index contributed by atoms with van der Waals surface area (Å²) in [5.41, 5.74) is 3.26. The molecule has 0 bridgehead atoms. The second kappa shape index (κ2) is 5.14. The minimum Gasteiger partial charge on any atom is -0.467 e. The van der Waals surface area contributed by atoms with Gasteiger partial charge in [-0.15, -0.1) is 0 Å². The normalized spacial score (nSPS) is 14.2. The summed E-state index contributed by atoms with van der Waals surface area (Å²) in [4.78, 5) is 0. The van der Waals surface area contributed by atoms with Crippen LogP contribution in [0.1, 0.15) is 17.5 Å². The highest BCUT2D eigenvalue weighted by Gasteiger charge is 2.15. The van der Waals surface area contributed by atoms with Crippen molar-refractivity contribution in [2.45, 2.75) is 12.8 Å². The lowest BCUT2D eigenvalue weighted by Crippen LogP contribution is -2.07. The van der Waals surface area contributed by atoms with Gasteiger partial charge >= 0.3 is 0 Å². The highest BCUT2D eigenvalue weighted by molar-refractivity contribution is 5.72. The maximum atomic E-state index is 9.27. The summed E-state index contributed by atoms with van der Waals surface area (Å²) in [6.07, 6.45) is 4.00. The average Bonchev–Trinajstić information content (AvgIpc) is 2.35. The van der Waals surface area contributed by atoms with Gasteiger partial charge in [-0.05, 0) is 30.0 Å². The Balaban J connectivity index is 2.33. The molecule has 0 radical (unpaired) electrons. The van der Waals surface area contributed by atoms with Crippen molar-refractivity contribution in [3.63, 3.8) is 0 Å². The molecule has 0 fully saturated rings. The van der Waals surface area contributed by atoms with Gasteiger partial charge in [0.15, 0.2) is 6.79 Å². The lowest BCUT2D eigenvalue weighted by molar-refractivity contribution is 0.0504. The molecule has 0 spiro atoms. The number of rotatable bonds is 4. The molecule has 1 aromatic carbocycles. The number of allylic oxidation sites excluding steroid dienone is 1. The predicted octanol–water partition coefficient (Wildman–Crippen LogP) is 1.99. The van der Waals surface area contributed by atoms with Crippen LogP contribution in [0.5, 0.6) is 5.75 Å². The van der Waals surface area contributed by atoms with Gasteiger partial charge in [0.25, 0.3) is 0 Å². The number of benzene rings is 1. The molecule has 1 N–H and O–H groups in total. The molecule has 0 aliphatic heterocycles. The monoisotopic (exact) mass is 220 g/mol. The van der Waals surface area contributed by atoms with Gasteiger partial charge in [-0.25, -0.2) is 0 Å². The third-order valence-corrected chi connectivity index (χ3v) is 2.77. The first-order valence-electron chi connectivity index (χ1n) is 5.40. The maximum Gasteiger partial charge on any atom is 0.188 e. The van der Waals surface area contributed by atoms with Gasteiger partial charge in [-0.3, -0.25) is 0 Å². The molecule has 3 nitrogen and oxygen atoms in total. The number of methoxy groups -OCH3 is 1. The summed E-state index contributed by atoms with van der Waals surface area (Å²) in [6, 6.07) is 5.91. The number of ether oxygens (including phenoxy) is 2. The lowest BCUT2D eigenvalue weighted by atomic mass is 9.90. The van der Waals surface area contributed by atoms with E-state index in [4.69, 9.17) is 9.47 Å². The highest BCUT2D eigenvalue weighted by Crippen LogP contribution is 2.32. The van der Waals surface area contributed by atoms with Crippen molar-refractivity contribution in [2.75, 3.05) is 20.5 Å². The average molecular weight is 220 g/mol. The van der Waals surface area contributed by atoms with E-state index in [1.54, 1.807) is 7.11 Å². The molecule has 0 saturated heterocycles. The molecule has 1 aliphatic carbocycles. The zero-order chi connectivity index (χ0) is 11.4. The summed E-state index contributed by atoms with van der Waals surface area (Å²) >= 11 is 0. The zero-order valence-corrected chi connectivity index (χ0v) is 9.40. The van der Waals surface area contributed by atoms with Crippen LogP contribution in [-0.2, 0) is 11.2 Å². The van der Waals surface area contributed by atoms with Gasteiger partial charge in [0.1, 0.15) is 5.75 Å². The van der Waals surface area contributed by atoms with Crippen LogP contribution in [0.15, 0.2) is 24.3 Å². The summed E-state index contributed by atoms with van der Waals surface area (Å²) in [5.74, 6) is 0.860. The van der Waals surface area contributed by atoms with E-state index in [1.165, 1.54) is 5.56 Å². The van der Waals surface area contributed by atoms with Gasteiger partial charge in [0.2, 0.25) is 0 Å². The van der Waals surface area contributed by atoms with Crippen LogP contribution in [0.25, 0.3) is 5.57 Å². The molecule has 86 valence electrons. The van der Waals surface area contributed by atoms with Gasteiger partial charge in [0, 0.05) is 12.7 Å². The Morgan fingerprint density at radius 3 is 3.00 bits per heavy atom. The summed E-state index contributed by atoms with van der Waals surface area (Å²) in [5, 5.41) is 9.27. The van der Waals surface area contributed by atoms with Crippen molar-refractivity contribution in [3.05, 3.63) is 35.4 Å². The van der Waals surface area contributed by atoms with E-state index >= 15 is 0 Å². The molecule has 1 aromatic rings. The Bertz CT molecular complexity index is 396. The molecule has 2 rings (SSSR count). The van der Waals surface area contributed by atoms with Crippen LogP contribution in [0.4, 0.5) is 0 Å². The van der Waals surface area contributed by atoms with Crippen LogP contribution >= 0.6 is 0 Å². The van der Waals surface area contributed by atoms with Crippen LogP contribution in [-0.4, -0.2) is 25.6 Å². The highest BCUT2D eigenvalue weighted by atomic mass is 16.7. The Kier molecular flexibility index (Phi) is 3.59. The van der Waals surface area contributed by atoms with E-state index in [0.717, 1.165) is 29.7 Å². The molecule has 0 heterocycles. The molecule has 0 amide bonds. The molecule has 16 heavy (non-hydrogen) atoms. The first kappa shape index (κ1) is 11.2. The number of aliphatic hydroxyl groups is 1. The van der Waals surface area contributed by atoms with Crippen LogP contribution in [0, 0.1) is 0 Å². The van der Waals surface area contributed by atoms with Gasteiger partial charge in [0.05, 0.1) is 6.61 Å². The molecular weight excluding hydrogens is 204 g/mol.